The minimum absolute atomic E-state index is 0.0234. The van der Waals surface area contributed by atoms with Gasteiger partial charge in [0.15, 0.2) is 18.1 Å². The molecule has 0 aromatic heterocycles. The maximum atomic E-state index is 11.6. The maximum absolute atomic E-state index is 11.6. The third kappa shape index (κ3) is 6.76. The van der Waals surface area contributed by atoms with Crippen molar-refractivity contribution >= 4 is 24.4 Å². The summed E-state index contributed by atoms with van der Waals surface area (Å²) in [5.41, 5.74) is 2.79. The molecule has 148 valence electrons. The highest BCUT2D eigenvalue weighted by atomic mass is 28.3. The summed E-state index contributed by atoms with van der Waals surface area (Å²) in [5.74, 6) is 0. The molecule has 0 fully saturated rings. The first kappa shape index (κ1) is 23.3. The van der Waals surface area contributed by atoms with E-state index < -0.39 is 18.1 Å². The van der Waals surface area contributed by atoms with Crippen molar-refractivity contribution in [2.75, 3.05) is 0 Å². The van der Waals surface area contributed by atoms with Crippen LogP contribution in [-0.4, -0.2) is 24.4 Å². The fourth-order valence-electron chi connectivity index (χ4n) is 3.18. The lowest BCUT2D eigenvalue weighted by Gasteiger charge is -2.36. The van der Waals surface area contributed by atoms with Gasteiger partial charge >= 0.3 is 0 Å². The lowest BCUT2D eigenvalue weighted by atomic mass is 9.80. The van der Waals surface area contributed by atoms with Gasteiger partial charge in [0.25, 0.3) is 0 Å². The van der Waals surface area contributed by atoms with Crippen molar-refractivity contribution < 1.29 is 13.6 Å². The van der Waals surface area contributed by atoms with E-state index in [1.165, 1.54) is 0 Å². The van der Waals surface area contributed by atoms with Crippen LogP contribution >= 0.6 is 0 Å². The summed E-state index contributed by atoms with van der Waals surface area (Å²) in [5, 5.41) is 0. The van der Waals surface area contributed by atoms with Gasteiger partial charge in [0.2, 0.25) is 0 Å². The first-order valence-electron chi connectivity index (χ1n) is 9.66. The molecular formula is C21H38O3Si2. The molecular weight excluding hydrogens is 356 g/mol. The molecule has 0 spiro atoms. The lowest BCUT2D eigenvalue weighted by molar-refractivity contribution is 0.0804. The highest BCUT2D eigenvalue weighted by molar-refractivity contribution is 6.48. The summed E-state index contributed by atoms with van der Waals surface area (Å²) < 4.78 is 12.8. The van der Waals surface area contributed by atoms with Crippen LogP contribution in [-0.2, 0) is 8.85 Å². The number of benzene rings is 1. The molecule has 0 saturated carbocycles. The van der Waals surface area contributed by atoms with Crippen molar-refractivity contribution in [3.63, 3.8) is 0 Å². The highest BCUT2D eigenvalue weighted by Crippen LogP contribution is 2.41. The first-order valence-corrected chi connectivity index (χ1v) is 15.2. The lowest BCUT2D eigenvalue weighted by Crippen LogP contribution is -2.28. The van der Waals surface area contributed by atoms with E-state index in [-0.39, 0.29) is 23.0 Å². The van der Waals surface area contributed by atoms with Gasteiger partial charge in [-0.1, -0.05) is 47.6 Å². The summed E-state index contributed by atoms with van der Waals surface area (Å²) in [6, 6.07) is 6.16. The van der Waals surface area contributed by atoms with E-state index in [0.29, 0.717) is 5.56 Å². The van der Waals surface area contributed by atoms with E-state index in [1.54, 1.807) is 0 Å². The molecule has 0 radical (unpaired) electrons. The fourth-order valence-corrected chi connectivity index (χ4v) is 5.40. The summed E-state index contributed by atoms with van der Waals surface area (Å²) >= 11 is 0. The Labute approximate surface area is 163 Å². The Morgan fingerprint density at radius 1 is 0.769 bits per heavy atom. The Kier molecular flexibility index (Phi) is 8.02. The van der Waals surface area contributed by atoms with Crippen LogP contribution in [0, 0.1) is 10.8 Å². The molecule has 0 amide bonds. The number of carbonyl (C=O) groups excluding carboxylic acids is 1. The normalized spacial score (nSPS) is 15.4. The zero-order chi connectivity index (χ0) is 20.3. The summed E-state index contributed by atoms with van der Waals surface area (Å²) in [7, 11) is -2.47. The van der Waals surface area contributed by atoms with Crippen LogP contribution in [0.25, 0.3) is 0 Å². The van der Waals surface area contributed by atoms with Crippen LogP contribution in [0.15, 0.2) is 18.2 Å². The Balaban J connectivity index is 3.51. The second-order valence-corrected chi connectivity index (χ2v) is 14.7. The standard InChI is InChI=1S/C21H38O3Si2/c1-20(2,3)18(23-25(7)8)16-11-15(14-22)12-17(13-16)19(21(4,5)6)24-26(9)10/h11-14,18-19,25-26H,1-10H3. The van der Waals surface area contributed by atoms with Crippen LogP contribution in [0.1, 0.15) is 75.2 Å². The van der Waals surface area contributed by atoms with Crippen molar-refractivity contribution in [3.05, 3.63) is 34.9 Å². The smallest absolute Gasteiger partial charge is 0.171 e. The second-order valence-electron chi connectivity index (χ2n) is 9.91. The van der Waals surface area contributed by atoms with E-state index in [0.717, 1.165) is 17.4 Å². The molecule has 0 N–H and O–H groups in total. The van der Waals surface area contributed by atoms with Gasteiger partial charge in [-0.05, 0) is 60.3 Å². The van der Waals surface area contributed by atoms with Crippen molar-refractivity contribution in [1.82, 2.24) is 0 Å². The third-order valence-electron chi connectivity index (χ3n) is 4.13. The summed E-state index contributed by atoms with van der Waals surface area (Å²) in [6.45, 7) is 21.9. The van der Waals surface area contributed by atoms with Crippen molar-refractivity contribution in [2.45, 2.75) is 79.9 Å². The number of rotatable bonds is 7. The second kappa shape index (κ2) is 8.96. The van der Waals surface area contributed by atoms with Crippen molar-refractivity contribution in [2.24, 2.45) is 10.8 Å². The Bertz CT molecular complexity index is 552. The summed E-state index contributed by atoms with van der Waals surface area (Å²) in [4.78, 5) is 11.6. The first-order chi connectivity index (χ1) is 11.8. The molecule has 0 bridgehead atoms. The molecule has 0 aliphatic heterocycles. The molecule has 1 aromatic carbocycles. The number of hydrogen-bond donors (Lipinski definition) is 0. The zero-order valence-corrected chi connectivity index (χ0v) is 20.7. The third-order valence-corrected chi connectivity index (χ3v) is 5.76. The Morgan fingerprint density at radius 3 is 1.35 bits per heavy atom. The number of carbonyl (C=O) groups is 1. The molecule has 0 heterocycles. The highest BCUT2D eigenvalue weighted by Gasteiger charge is 2.32. The van der Waals surface area contributed by atoms with Crippen LogP contribution < -0.4 is 0 Å². The molecule has 1 aromatic rings. The predicted molar refractivity (Wildman–Crippen MR) is 116 cm³/mol. The van der Waals surface area contributed by atoms with Crippen molar-refractivity contribution in [1.29, 1.82) is 0 Å². The van der Waals surface area contributed by atoms with Gasteiger partial charge in [-0.25, -0.2) is 0 Å². The molecule has 3 nitrogen and oxygen atoms in total. The molecule has 0 saturated heterocycles. The van der Waals surface area contributed by atoms with Gasteiger partial charge < -0.3 is 8.85 Å². The average molecular weight is 395 g/mol. The minimum Gasteiger partial charge on any atom is -0.413 e. The SMILES string of the molecule is C[SiH](C)OC(c1cc(C=O)cc(C(O[SiH](C)C)C(C)(C)C)c1)C(C)(C)C. The largest absolute Gasteiger partial charge is 0.413 e. The minimum atomic E-state index is -1.23. The van der Waals surface area contributed by atoms with Gasteiger partial charge in [0, 0.05) is 5.56 Å². The fraction of sp³-hybridized carbons (Fsp3) is 0.667. The Hall–Kier alpha value is -0.756. The molecule has 5 heteroatoms. The van der Waals surface area contributed by atoms with E-state index in [1.807, 2.05) is 12.1 Å². The molecule has 26 heavy (non-hydrogen) atoms. The van der Waals surface area contributed by atoms with Crippen LogP contribution in [0.5, 0.6) is 0 Å². The van der Waals surface area contributed by atoms with E-state index >= 15 is 0 Å². The number of aldehydes is 1. The maximum Gasteiger partial charge on any atom is 0.171 e. The zero-order valence-electron chi connectivity index (χ0n) is 18.3. The summed E-state index contributed by atoms with van der Waals surface area (Å²) in [6.07, 6.45) is 0.890. The van der Waals surface area contributed by atoms with E-state index in [9.17, 15) is 4.79 Å². The van der Waals surface area contributed by atoms with Gasteiger partial charge in [0.1, 0.15) is 6.29 Å². The molecule has 1 rings (SSSR count). The molecule has 0 aliphatic rings. The predicted octanol–water partition coefficient (Wildman–Crippen LogP) is 5.67. The van der Waals surface area contributed by atoms with E-state index in [4.69, 9.17) is 8.85 Å². The molecule has 2 atom stereocenters. The number of hydrogen-bond acceptors (Lipinski definition) is 3. The van der Waals surface area contributed by atoms with Gasteiger partial charge in [-0.2, -0.15) is 0 Å². The van der Waals surface area contributed by atoms with Crippen LogP contribution in [0.4, 0.5) is 0 Å². The molecule has 2 unspecified atom stereocenters. The van der Waals surface area contributed by atoms with Crippen molar-refractivity contribution in [3.8, 4) is 0 Å². The average Bonchev–Trinajstić information content (AvgIpc) is 2.47. The van der Waals surface area contributed by atoms with Gasteiger partial charge in [-0.3, -0.25) is 4.79 Å². The van der Waals surface area contributed by atoms with Crippen LogP contribution in [0.3, 0.4) is 0 Å². The monoisotopic (exact) mass is 394 g/mol. The molecule has 0 aliphatic carbocycles. The Morgan fingerprint density at radius 2 is 1.12 bits per heavy atom. The van der Waals surface area contributed by atoms with Gasteiger partial charge in [-0.15, -0.1) is 0 Å². The quantitative estimate of drug-likeness (QED) is 0.441. The topological polar surface area (TPSA) is 35.5 Å². The van der Waals surface area contributed by atoms with Gasteiger partial charge in [0.05, 0.1) is 12.2 Å². The van der Waals surface area contributed by atoms with Crippen LogP contribution in [0.2, 0.25) is 26.2 Å². The van der Waals surface area contributed by atoms with E-state index in [2.05, 4.69) is 73.8 Å².